The fourth-order valence-corrected chi connectivity index (χ4v) is 5.96. The van der Waals surface area contributed by atoms with Crippen LogP contribution in [0, 0.1) is 6.92 Å². The second kappa shape index (κ2) is 12.4. The van der Waals surface area contributed by atoms with E-state index < -0.39 is 6.23 Å². The van der Waals surface area contributed by atoms with E-state index in [2.05, 4.69) is 40.2 Å². The molecule has 1 amide bonds. The first-order valence-electron chi connectivity index (χ1n) is 14.5. The van der Waals surface area contributed by atoms with E-state index in [1.54, 1.807) is 12.3 Å². The van der Waals surface area contributed by atoms with Crippen LogP contribution in [0.4, 0.5) is 5.95 Å². The fraction of sp³-hybridized carbons (Fsp3) is 0.516. The number of hydrogen-bond acceptors (Lipinski definition) is 7. The minimum atomic E-state index is -0.973. The number of imidazole rings is 1. The van der Waals surface area contributed by atoms with E-state index in [4.69, 9.17) is 9.72 Å². The molecule has 9 nitrogen and oxygen atoms in total. The number of pyridine rings is 1. The third-order valence-corrected chi connectivity index (χ3v) is 8.17. The Labute approximate surface area is 236 Å². The predicted molar refractivity (Wildman–Crippen MR) is 157 cm³/mol. The molecule has 1 unspecified atom stereocenters. The lowest BCUT2D eigenvalue weighted by molar-refractivity contribution is -0.126. The number of piperidine rings is 1. The van der Waals surface area contributed by atoms with Crippen molar-refractivity contribution in [3.05, 3.63) is 60.4 Å². The molecule has 2 aliphatic rings. The molecule has 0 saturated carbocycles. The van der Waals surface area contributed by atoms with Crippen molar-refractivity contribution in [3.8, 4) is 5.75 Å². The van der Waals surface area contributed by atoms with Crippen molar-refractivity contribution in [2.75, 3.05) is 31.5 Å². The van der Waals surface area contributed by atoms with Gasteiger partial charge >= 0.3 is 0 Å². The molecule has 2 fully saturated rings. The van der Waals surface area contributed by atoms with Crippen LogP contribution in [-0.2, 0) is 4.79 Å². The summed E-state index contributed by atoms with van der Waals surface area (Å²) in [7, 11) is 0. The summed E-state index contributed by atoms with van der Waals surface area (Å²) in [4.78, 5) is 26.2. The van der Waals surface area contributed by atoms with Gasteiger partial charge in [0.25, 0.3) is 0 Å². The number of aryl methyl sites for hydroxylation is 1. The van der Waals surface area contributed by atoms with Crippen LogP contribution in [0.25, 0.3) is 11.0 Å². The first-order valence-corrected chi connectivity index (χ1v) is 14.5. The van der Waals surface area contributed by atoms with Crippen LogP contribution in [0.15, 0.2) is 49.2 Å². The Morgan fingerprint density at radius 3 is 2.70 bits per heavy atom. The van der Waals surface area contributed by atoms with Crippen LogP contribution in [-0.4, -0.2) is 73.7 Å². The largest absolute Gasteiger partial charge is 0.488 e. The smallest absolute Gasteiger partial charge is 0.246 e. The zero-order valence-electron chi connectivity index (χ0n) is 23.9. The Bertz CT molecular complexity index is 1330. The number of carbonyl (C=O) groups is 1. The van der Waals surface area contributed by atoms with E-state index in [0.29, 0.717) is 30.6 Å². The minimum Gasteiger partial charge on any atom is -0.488 e. The van der Waals surface area contributed by atoms with Gasteiger partial charge in [0.05, 0.1) is 11.6 Å². The van der Waals surface area contributed by atoms with Crippen LogP contribution >= 0.6 is 0 Å². The molecule has 2 saturated heterocycles. The SMILES string of the molecule is C=CC(=O)N1CCCC[C@@H](n2c(NC(O)c3ccnc(C)c3)nc3cccc(OC4CCN(C(C)C)CC4)c32)C1. The number of carbonyl (C=O) groups excluding carboxylic acids is 1. The number of aliphatic hydroxyl groups excluding tert-OH is 1. The number of ether oxygens (including phenoxy) is 1. The molecule has 2 N–H and O–H groups in total. The number of aromatic nitrogens is 3. The molecule has 0 aliphatic carbocycles. The third-order valence-electron chi connectivity index (χ3n) is 8.17. The second-order valence-electron chi connectivity index (χ2n) is 11.3. The minimum absolute atomic E-state index is 0.0437. The number of nitrogens with one attached hydrogen (secondary N) is 1. The molecule has 40 heavy (non-hydrogen) atoms. The summed E-state index contributed by atoms with van der Waals surface area (Å²) in [5.41, 5.74) is 3.23. The van der Waals surface area contributed by atoms with Crippen molar-refractivity contribution in [1.82, 2.24) is 24.3 Å². The highest BCUT2D eigenvalue weighted by Crippen LogP contribution is 2.37. The number of fused-ring (bicyclic) bond motifs is 1. The molecule has 5 rings (SSSR count). The van der Waals surface area contributed by atoms with Crippen LogP contribution in [0.5, 0.6) is 5.75 Å². The summed E-state index contributed by atoms with van der Waals surface area (Å²) in [6, 6.07) is 10.1. The highest BCUT2D eigenvalue weighted by molar-refractivity contribution is 5.87. The molecule has 9 heteroatoms. The molecule has 3 aromatic rings. The van der Waals surface area contributed by atoms with Gasteiger partial charge in [-0.25, -0.2) is 4.98 Å². The van der Waals surface area contributed by atoms with Gasteiger partial charge in [-0.15, -0.1) is 0 Å². The van der Waals surface area contributed by atoms with Crippen molar-refractivity contribution in [2.45, 2.75) is 77.3 Å². The van der Waals surface area contributed by atoms with E-state index in [-0.39, 0.29) is 18.1 Å². The van der Waals surface area contributed by atoms with E-state index in [1.807, 2.05) is 36.1 Å². The van der Waals surface area contributed by atoms with E-state index in [1.165, 1.54) is 6.08 Å². The topological polar surface area (TPSA) is 95.8 Å². The Morgan fingerprint density at radius 2 is 1.98 bits per heavy atom. The molecule has 2 aromatic heterocycles. The molecule has 0 spiro atoms. The van der Waals surface area contributed by atoms with Crippen molar-refractivity contribution in [3.63, 3.8) is 0 Å². The molecular formula is C31H42N6O3. The molecule has 2 atom stereocenters. The van der Waals surface area contributed by atoms with Gasteiger partial charge in [-0.3, -0.25) is 9.78 Å². The summed E-state index contributed by atoms with van der Waals surface area (Å²) in [6.45, 7) is 13.4. The maximum Gasteiger partial charge on any atom is 0.246 e. The Hall–Kier alpha value is -3.43. The second-order valence-corrected chi connectivity index (χ2v) is 11.3. The lowest BCUT2D eigenvalue weighted by atomic mass is 10.1. The van der Waals surface area contributed by atoms with E-state index in [9.17, 15) is 9.90 Å². The maximum atomic E-state index is 12.7. The Balaban J connectivity index is 1.52. The average Bonchev–Trinajstić information content (AvgIpc) is 3.14. The number of benzene rings is 1. The van der Waals surface area contributed by atoms with Crippen LogP contribution in [0.2, 0.25) is 0 Å². The molecule has 0 bridgehead atoms. The van der Waals surface area contributed by atoms with Crippen molar-refractivity contribution < 1.29 is 14.6 Å². The zero-order chi connectivity index (χ0) is 28.2. The monoisotopic (exact) mass is 546 g/mol. The Kier molecular flexibility index (Phi) is 8.71. The van der Waals surface area contributed by atoms with Gasteiger partial charge in [-0.1, -0.05) is 12.6 Å². The molecule has 2 aliphatic heterocycles. The first-order chi connectivity index (χ1) is 19.3. The molecular weight excluding hydrogens is 504 g/mol. The summed E-state index contributed by atoms with van der Waals surface area (Å²) in [5, 5.41) is 14.4. The van der Waals surface area contributed by atoms with Crippen LogP contribution in [0.1, 0.15) is 69.5 Å². The average molecular weight is 547 g/mol. The standard InChI is InChI=1S/C31H42N6O3/c1-5-28(38)36-16-7-6-9-24(20-36)37-29-26(33-31(37)34-30(39)23-12-15-32-22(4)19-23)10-8-11-27(29)40-25-13-17-35(18-14-25)21(2)3/h5,8,10-12,15,19,21,24-25,30,39H,1,6-7,9,13-14,16-18,20H2,2-4H3,(H,33,34)/t24-,30?/m1/s1. The van der Waals surface area contributed by atoms with Crippen molar-refractivity contribution >= 4 is 22.9 Å². The lowest BCUT2D eigenvalue weighted by Gasteiger charge is -2.34. The van der Waals surface area contributed by atoms with Gasteiger partial charge in [-0.2, -0.15) is 0 Å². The molecule has 4 heterocycles. The number of hydrogen-bond donors (Lipinski definition) is 2. The molecule has 214 valence electrons. The zero-order valence-corrected chi connectivity index (χ0v) is 23.9. The Morgan fingerprint density at radius 1 is 1.18 bits per heavy atom. The maximum absolute atomic E-state index is 12.7. The lowest BCUT2D eigenvalue weighted by Crippen LogP contribution is -2.41. The number of nitrogens with zero attached hydrogens (tertiary/aromatic N) is 5. The summed E-state index contributed by atoms with van der Waals surface area (Å²) >= 11 is 0. The normalized spacial score (nSPS) is 19.9. The van der Waals surface area contributed by atoms with Crippen LogP contribution in [0.3, 0.4) is 0 Å². The number of likely N-dealkylation sites (tertiary alicyclic amines) is 2. The third kappa shape index (κ3) is 6.15. The van der Waals surface area contributed by atoms with E-state index in [0.717, 1.165) is 67.7 Å². The number of aliphatic hydroxyl groups is 1. The molecule has 1 aromatic carbocycles. The quantitative estimate of drug-likeness (QED) is 0.309. The summed E-state index contributed by atoms with van der Waals surface area (Å²) < 4.78 is 8.84. The van der Waals surface area contributed by atoms with Gasteiger partial charge in [-0.05, 0) is 83.2 Å². The molecule has 0 radical (unpaired) electrons. The number of rotatable bonds is 8. The van der Waals surface area contributed by atoms with Gasteiger partial charge < -0.3 is 29.5 Å². The van der Waals surface area contributed by atoms with Crippen LogP contribution < -0.4 is 10.1 Å². The predicted octanol–water partition coefficient (Wildman–Crippen LogP) is 4.83. The number of para-hydroxylation sites is 1. The fourth-order valence-electron chi connectivity index (χ4n) is 5.96. The number of amides is 1. The van der Waals surface area contributed by atoms with Crippen molar-refractivity contribution in [1.29, 1.82) is 0 Å². The van der Waals surface area contributed by atoms with Gasteiger partial charge in [0.1, 0.15) is 17.4 Å². The summed E-state index contributed by atoms with van der Waals surface area (Å²) in [6.07, 6.45) is 6.97. The van der Waals surface area contributed by atoms with Crippen molar-refractivity contribution in [2.24, 2.45) is 0 Å². The highest BCUT2D eigenvalue weighted by Gasteiger charge is 2.29. The first kappa shape index (κ1) is 28.1. The number of anilines is 1. The summed E-state index contributed by atoms with van der Waals surface area (Å²) in [5.74, 6) is 1.29. The van der Waals surface area contributed by atoms with Gasteiger partial charge in [0.2, 0.25) is 11.9 Å². The van der Waals surface area contributed by atoms with Gasteiger partial charge in [0, 0.05) is 49.7 Å². The van der Waals surface area contributed by atoms with Gasteiger partial charge in [0.15, 0.2) is 6.23 Å². The highest BCUT2D eigenvalue weighted by atomic mass is 16.5. The van der Waals surface area contributed by atoms with E-state index >= 15 is 0 Å².